The molecule has 0 unspecified atom stereocenters. The Labute approximate surface area is 127 Å². The van der Waals surface area contributed by atoms with E-state index >= 15 is 0 Å². The van der Waals surface area contributed by atoms with Crippen LogP contribution in [0, 0.1) is 0 Å². The minimum Gasteiger partial charge on any atom is -0.324 e. The molecule has 0 aliphatic carbocycles. The van der Waals surface area contributed by atoms with Crippen LogP contribution in [-0.2, 0) is 10.0 Å². The first-order chi connectivity index (χ1) is 7.62. The van der Waals surface area contributed by atoms with Crippen LogP contribution in [0.25, 0.3) is 0 Å². The molecule has 1 aromatic carbocycles. The van der Waals surface area contributed by atoms with E-state index in [1.807, 2.05) is 0 Å². The zero-order valence-corrected chi connectivity index (χ0v) is 13.9. The first-order valence-electron chi connectivity index (χ1n) is 4.85. The number of nitrogens with one attached hydrogen (secondary N) is 1. The lowest BCUT2D eigenvalue weighted by Gasteiger charge is -2.19. The Kier molecular flexibility index (Phi) is 6.60. The molecule has 4 nitrogen and oxygen atoms in total. The highest BCUT2D eigenvalue weighted by Gasteiger charge is 2.19. The molecule has 0 amide bonds. The summed E-state index contributed by atoms with van der Waals surface area (Å²) in [6.07, 6.45) is 0. The van der Waals surface area contributed by atoms with Crippen molar-refractivity contribution in [2.75, 3.05) is 6.54 Å². The van der Waals surface area contributed by atoms with E-state index in [1.165, 1.54) is 18.2 Å². The molecule has 0 aliphatic heterocycles. The summed E-state index contributed by atoms with van der Waals surface area (Å²) in [5.74, 6) is 0. The third kappa shape index (κ3) is 5.42. The second-order valence-corrected chi connectivity index (χ2v) is 7.42. The zero-order chi connectivity index (χ0) is 13.3. The van der Waals surface area contributed by atoms with Crippen molar-refractivity contribution in [2.45, 2.75) is 24.3 Å². The second-order valence-electron chi connectivity index (χ2n) is 4.39. The van der Waals surface area contributed by atoms with E-state index in [1.54, 1.807) is 13.8 Å². The van der Waals surface area contributed by atoms with Crippen LogP contribution in [0.1, 0.15) is 13.8 Å². The van der Waals surface area contributed by atoms with Gasteiger partial charge in [0.15, 0.2) is 0 Å². The minimum absolute atomic E-state index is 0. The van der Waals surface area contributed by atoms with Crippen molar-refractivity contribution in [3.8, 4) is 0 Å². The highest BCUT2D eigenvalue weighted by atomic mass is 79.9. The fraction of sp³-hybridized carbons (Fsp3) is 0.400. The molecule has 104 valence electrons. The van der Waals surface area contributed by atoms with Crippen LogP contribution < -0.4 is 10.5 Å². The third-order valence-corrected chi connectivity index (χ3v) is 4.53. The van der Waals surface area contributed by atoms with Gasteiger partial charge in [-0.25, -0.2) is 13.1 Å². The van der Waals surface area contributed by atoms with Gasteiger partial charge in [-0.3, -0.25) is 0 Å². The van der Waals surface area contributed by atoms with E-state index < -0.39 is 15.6 Å². The predicted molar refractivity (Wildman–Crippen MR) is 79.9 cm³/mol. The maximum atomic E-state index is 11.9. The number of halogens is 3. The molecular formula is C10H15BrCl2N2O2S. The molecule has 3 N–H and O–H groups in total. The fourth-order valence-corrected chi connectivity index (χ4v) is 2.91. The van der Waals surface area contributed by atoms with E-state index in [2.05, 4.69) is 20.7 Å². The topological polar surface area (TPSA) is 72.2 Å². The van der Waals surface area contributed by atoms with Crippen molar-refractivity contribution >= 4 is 50.0 Å². The van der Waals surface area contributed by atoms with Crippen molar-refractivity contribution in [1.29, 1.82) is 0 Å². The molecule has 8 heteroatoms. The maximum Gasteiger partial charge on any atom is 0.240 e. The monoisotopic (exact) mass is 376 g/mol. The molecule has 18 heavy (non-hydrogen) atoms. The molecule has 0 atom stereocenters. The van der Waals surface area contributed by atoms with Crippen LogP contribution in [0.2, 0.25) is 5.02 Å². The average molecular weight is 378 g/mol. The number of hydrogen-bond acceptors (Lipinski definition) is 3. The summed E-state index contributed by atoms with van der Waals surface area (Å²) in [5, 5.41) is 0.461. The lowest BCUT2D eigenvalue weighted by molar-refractivity contribution is 0.498. The summed E-state index contributed by atoms with van der Waals surface area (Å²) < 4.78 is 26.8. The molecule has 0 fully saturated rings. The summed E-state index contributed by atoms with van der Waals surface area (Å²) in [6.45, 7) is 3.65. The quantitative estimate of drug-likeness (QED) is 0.846. The molecular weight excluding hydrogens is 363 g/mol. The molecule has 0 aromatic heterocycles. The van der Waals surface area contributed by atoms with Crippen molar-refractivity contribution < 1.29 is 8.42 Å². The van der Waals surface area contributed by atoms with Crippen molar-refractivity contribution in [3.63, 3.8) is 0 Å². The molecule has 0 saturated carbocycles. The number of hydrogen-bond donors (Lipinski definition) is 2. The SMILES string of the molecule is CC(C)(N)CNS(=O)(=O)c1ccc(Cl)c(Br)c1.Cl. The molecule has 0 bridgehead atoms. The van der Waals surface area contributed by atoms with Gasteiger partial charge in [0.2, 0.25) is 10.0 Å². The number of sulfonamides is 1. The van der Waals surface area contributed by atoms with E-state index in [0.29, 0.717) is 9.50 Å². The summed E-state index contributed by atoms with van der Waals surface area (Å²) in [7, 11) is -3.55. The maximum absolute atomic E-state index is 11.9. The zero-order valence-electron chi connectivity index (χ0n) is 9.91. The molecule has 0 aliphatic rings. The molecule has 0 heterocycles. The molecule has 0 spiro atoms. The van der Waals surface area contributed by atoms with Crippen LogP contribution in [0.15, 0.2) is 27.6 Å². The van der Waals surface area contributed by atoms with Gasteiger partial charge >= 0.3 is 0 Å². The largest absolute Gasteiger partial charge is 0.324 e. The molecule has 0 saturated heterocycles. The predicted octanol–water partition coefficient (Wildman–Crippen LogP) is 2.54. The number of nitrogens with two attached hydrogens (primary N) is 1. The highest BCUT2D eigenvalue weighted by molar-refractivity contribution is 9.10. The average Bonchev–Trinajstić information content (AvgIpc) is 2.18. The van der Waals surface area contributed by atoms with Crippen LogP contribution in [0.4, 0.5) is 0 Å². The first-order valence-corrected chi connectivity index (χ1v) is 7.51. The first kappa shape index (κ1) is 18.1. The van der Waals surface area contributed by atoms with Crippen molar-refractivity contribution in [1.82, 2.24) is 4.72 Å². The Balaban J connectivity index is 0.00000289. The van der Waals surface area contributed by atoms with Gasteiger partial charge in [-0.15, -0.1) is 12.4 Å². The second kappa shape index (κ2) is 6.54. The number of rotatable bonds is 4. The Morgan fingerprint density at radius 1 is 1.44 bits per heavy atom. The Bertz CT molecular complexity index is 515. The van der Waals surface area contributed by atoms with Crippen molar-refractivity contribution in [3.05, 3.63) is 27.7 Å². The smallest absolute Gasteiger partial charge is 0.240 e. The minimum atomic E-state index is -3.55. The van der Waals surface area contributed by atoms with Crippen LogP contribution in [-0.4, -0.2) is 20.5 Å². The third-order valence-electron chi connectivity index (χ3n) is 1.92. The van der Waals surface area contributed by atoms with Gasteiger partial charge in [0, 0.05) is 16.6 Å². The summed E-state index contributed by atoms with van der Waals surface area (Å²) in [6, 6.07) is 4.42. The van der Waals surface area contributed by atoms with Crippen LogP contribution >= 0.6 is 39.9 Å². The Morgan fingerprint density at radius 3 is 2.44 bits per heavy atom. The molecule has 1 rings (SSSR count). The van der Waals surface area contributed by atoms with Crippen LogP contribution in [0.5, 0.6) is 0 Å². The fourth-order valence-electron chi connectivity index (χ4n) is 1.01. The van der Waals surface area contributed by atoms with Gasteiger partial charge in [0.1, 0.15) is 0 Å². The van der Waals surface area contributed by atoms with Gasteiger partial charge in [0.05, 0.1) is 9.92 Å². The van der Waals surface area contributed by atoms with E-state index in [0.717, 1.165) is 0 Å². The van der Waals surface area contributed by atoms with E-state index in [4.69, 9.17) is 17.3 Å². The van der Waals surface area contributed by atoms with Crippen molar-refractivity contribution in [2.24, 2.45) is 5.73 Å². The number of benzene rings is 1. The molecule has 1 aromatic rings. The Hall–Kier alpha value is 0.150. The van der Waals surface area contributed by atoms with Gasteiger partial charge in [-0.2, -0.15) is 0 Å². The van der Waals surface area contributed by atoms with Gasteiger partial charge < -0.3 is 5.73 Å². The normalized spacial score (nSPS) is 12.1. The summed E-state index contributed by atoms with van der Waals surface area (Å²) in [5.41, 5.74) is 5.12. The van der Waals surface area contributed by atoms with E-state index in [9.17, 15) is 8.42 Å². The molecule has 0 radical (unpaired) electrons. The summed E-state index contributed by atoms with van der Waals surface area (Å²) in [4.78, 5) is 0.151. The van der Waals surface area contributed by atoms with Gasteiger partial charge in [-0.1, -0.05) is 11.6 Å². The standard InChI is InChI=1S/C10H14BrClN2O2S.ClH/c1-10(2,13)6-14-17(15,16)7-3-4-9(12)8(11)5-7;/h3-5,14H,6,13H2,1-2H3;1H. The lowest BCUT2D eigenvalue weighted by atomic mass is 10.1. The van der Waals surface area contributed by atoms with Gasteiger partial charge in [-0.05, 0) is 48.0 Å². The summed E-state index contributed by atoms with van der Waals surface area (Å²) >= 11 is 8.98. The van der Waals surface area contributed by atoms with E-state index in [-0.39, 0.29) is 23.8 Å². The van der Waals surface area contributed by atoms with Gasteiger partial charge in [0.25, 0.3) is 0 Å². The Morgan fingerprint density at radius 2 is 2.00 bits per heavy atom. The van der Waals surface area contributed by atoms with Crippen LogP contribution in [0.3, 0.4) is 0 Å². The lowest BCUT2D eigenvalue weighted by Crippen LogP contribution is -2.45. The highest BCUT2D eigenvalue weighted by Crippen LogP contribution is 2.25.